The normalized spacial score (nSPS) is 23.1. The maximum Gasteiger partial charge on any atom is 0.306 e. The second-order valence-corrected chi connectivity index (χ2v) is 18.4. The molecule has 0 saturated carbocycles. The predicted molar refractivity (Wildman–Crippen MR) is 212 cm³/mol. The summed E-state index contributed by atoms with van der Waals surface area (Å²) in [6.45, 7) is 25.2. The van der Waals surface area contributed by atoms with E-state index >= 15 is 0 Å². The van der Waals surface area contributed by atoms with E-state index < -0.39 is 0 Å². The summed E-state index contributed by atoms with van der Waals surface area (Å²) >= 11 is 0. The van der Waals surface area contributed by atoms with Crippen molar-refractivity contribution < 1.29 is 19.1 Å². The summed E-state index contributed by atoms with van der Waals surface area (Å²) < 4.78 is 12.3. The predicted octanol–water partition coefficient (Wildman–Crippen LogP) is 12.0. The number of ether oxygens (including phenoxy) is 2. The quantitative estimate of drug-likeness (QED) is 0.0696. The molecule has 2 atom stereocenters. The third kappa shape index (κ3) is 14.7. The third-order valence-corrected chi connectivity index (χ3v) is 12.5. The molecule has 2 rings (SSSR count). The van der Waals surface area contributed by atoms with Crippen LogP contribution < -0.4 is 0 Å². The number of carbonyl (C=O) groups excluding carboxylic acids is 2. The van der Waals surface area contributed by atoms with E-state index in [-0.39, 0.29) is 46.3 Å². The molecule has 6 heteroatoms. The molecule has 2 aliphatic rings. The van der Waals surface area contributed by atoms with E-state index in [2.05, 4.69) is 79.0 Å². The highest BCUT2D eigenvalue weighted by Gasteiger charge is 2.49. The van der Waals surface area contributed by atoms with Gasteiger partial charge < -0.3 is 9.47 Å². The van der Waals surface area contributed by atoms with Gasteiger partial charge in [-0.1, -0.05) is 104 Å². The number of likely N-dealkylation sites (tertiary alicyclic amines) is 2. The van der Waals surface area contributed by atoms with Gasteiger partial charge in [0, 0.05) is 23.9 Å². The summed E-state index contributed by atoms with van der Waals surface area (Å²) in [4.78, 5) is 31.1. The Kier molecular flexibility index (Phi) is 20.0. The molecule has 0 aliphatic carbocycles. The Bertz CT molecular complexity index is 882. The van der Waals surface area contributed by atoms with Crippen LogP contribution in [0.15, 0.2) is 0 Å². The molecular weight excluding hydrogens is 620 g/mol. The van der Waals surface area contributed by atoms with Crippen LogP contribution in [-0.4, -0.2) is 69.2 Å². The Hall–Kier alpha value is -1.14. The van der Waals surface area contributed by atoms with E-state index in [1.165, 1.54) is 77.0 Å². The van der Waals surface area contributed by atoms with Crippen LogP contribution in [0.1, 0.15) is 223 Å². The Morgan fingerprint density at radius 3 is 1.12 bits per heavy atom. The molecule has 0 aromatic carbocycles. The van der Waals surface area contributed by atoms with Gasteiger partial charge in [-0.3, -0.25) is 19.4 Å². The molecule has 0 aromatic rings. The standard InChI is InChI=1S/C44H84N2O4/c1-11-13-15-17-23-27-35-45-41(3,4)33-31-37(43(45,7)8)49-39(47)29-25-21-19-20-22-26-30-40(48)50-38-32-34-42(5,6)46(44(38,9)10)36-28-24-18-16-14-12-2/h37-38H,11-36H2,1-10H3. The Morgan fingerprint density at radius 1 is 0.480 bits per heavy atom. The second-order valence-electron chi connectivity index (χ2n) is 18.4. The molecule has 2 unspecified atom stereocenters. The molecule has 0 spiro atoms. The highest BCUT2D eigenvalue weighted by molar-refractivity contribution is 5.70. The van der Waals surface area contributed by atoms with E-state index in [4.69, 9.17) is 9.47 Å². The zero-order valence-electron chi connectivity index (χ0n) is 35.1. The summed E-state index contributed by atoms with van der Waals surface area (Å²) in [5.41, 5.74) is -0.0504. The zero-order chi connectivity index (χ0) is 37.3. The lowest BCUT2D eigenvalue weighted by molar-refractivity contribution is -0.171. The van der Waals surface area contributed by atoms with E-state index in [1.807, 2.05) is 0 Å². The summed E-state index contributed by atoms with van der Waals surface area (Å²) in [6.07, 6.45) is 26.5. The van der Waals surface area contributed by atoms with Crippen molar-refractivity contribution in [3.05, 3.63) is 0 Å². The minimum atomic E-state index is -0.155. The van der Waals surface area contributed by atoms with Crippen LogP contribution in [0.5, 0.6) is 0 Å². The van der Waals surface area contributed by atoms with Crippen molar-refractivity contribution in [1.29, 1.82) is 0 Å². The van der Waals surface area contributed by atoms with Gasteiger partial charge in [-0.15, -0.1) is 0 Å². The number of piperidine rings is 2. The number of nitrogens with zero attached hydrogens (tertiary/aromatic N) is 2. The number of unbranched alkanes of at least 4 members (excludes halogenated alkanes) is 15. The van der Waals surface area contributed by atoms with Crippen molar-refractivity contribution in [1.82, 2.24) is 9.80 Å². The van der Waals surface area contributed by atoms with Gasteiger partial charge in [0.25, 0.3) is 0 Å². The molecule has 2 aliphatic heterocycles. The van der Waals surface area contributed by atoms with Gasteiger partial charge in [0.1, 0.15) is 12.2 Å². The molecule has 2 saturated heterocycles. The topological polar surface area (TPSA) is 59.1 Å². The average molecular weight is 705 g/mol. The van der Waals surface area contributed by atoms with E-state index in [0.29, 0.717) is 12.8 Å². The summed E-state index contributed by atoms with van der Waals surface area (Å²) in [7, 11) is 0. The monoisotopic (exact) mass is 705 g/mol. The van der Waals surface area contributed by atoms with E-state index in [9.17, 15) is 9.59 Å². The SMILES string of the molecule is CCCCCCCCN1C(C)(C)CCC(OC(=O)CCCCCCCCC(=O)OC2CCC(C)(C)N(CCCCCCCC)C2(C)C)C1(C)C. The number of rotatable bonds is 25. The molecule has 0 radical (unpaired) electrons. The average Bonchev–Trinajstić information content (AvgIpc) is 3.03. The summed E-state index contributed by atoms with van der Waals surface area (Å²) in [5.74, 6) is -0.0748. The van der Waals surface area contributed by atoms with Gasteiger partial charge in [-0.2, -0.15) is 0 Å². The molecule has 50 heavy (non-hydrogen) atoms. The van der Waals surface area contributed by atoms with Crippen molar-refractivity contribution in [2.24, 2.45) is 0 Å². The van der Waals surface area contributed by atoms with Crippen molar-refractivity contribution in [2.75, 3.05) is 13.1 Å². The van der Waals surface area contributed by atoms with E-state index in [0.717, 1.165) is 77.3 Å². The summed E-state index contributed by atoms with van der Waals surface area (Å²) in [5, 5.41) is 0. The molecular formula is C44H84N2O4. The van der Waals surface area contributed by atoms with Crippen molar-refractivity contribution >= 4 is 11.9 Å². The van der Waals surface area contributed by atoms with Crippen LogP contribution in [0.3, 0.4) is 0 Å². The fourth-order valence-corrected chi connectivity index (χ4v) is 9.22. The maximum absolute atomic E-state index is 12.9. The first kappa shape index (κ1) is 45.0. The fraction of sp³-hybridized carbons (Fsp3) is 0.955. The molecule has 0 N–H and O–H groups in total. The highest BCUT2D eigenvalue weighted by Crippen LogP contribution is 2.41. The largest absolute Gasteiger partial charge is 0.460 e. The first-order chi connectivity index (χ1) is 23.6. The van der Waals surface area contributed by atoms with Crippen LogP contribution in [0.2, 0.25) is 0 Å². The lowest BCUT2D eigenvalue weighted by Crippen LogP contribution is -2.65. The van der Waals surface area contributed by atoms with E-state index in [1.54, 1.807) is 0 Å². The van der Waals surface area contributed by atoms with Crippen LogP contribution >= 0.6 is 0 Å². The van der Waals surface area contributed by atoms with Gasteiger partial charge >= 0.3 is 11.9 Å². The number of hydrogen-bond acceptors (Lipinski definition) is 6. The van der Waals surface area contributed by atoms with Gasteiger partial charge in [0.15, 0.2) is 0 Å². The van der Waals surface area contributed by atoms with Gasteiger partial charge in [0.05, 0.1) is 11.1 Å². The number of hydrogen-bond donors (Lipinski definition) is 0. The molecule has 2 fully saturated rings. The van der Waals surface area contributed by atoms with Crippen LogP contribution in [0.25, 0.3) is 0 Å². The number of carbonyl (C=O) groups is 2. The van der Waals surface area contributed by atoms with Gasteiger partial charge in [-0.05, 0) is 120 Å². The first-order valence-electron chi connectivity index (χ1n) is 21.5. The number of esters is 2. The Morgan fingerprint density at radius 2 is 0.780 bits per heavy atom. The molecule has 0 aromatic heterocycles. The molecule has 0 amide bonds. The Balaban J connectivity index is 1.64. The van der Waals surface area contributed by atoms with Crippen LogP contribution in [0.4, 0.5) is 0 Å². The minimum Gasteiger partial charge on any atom is -0.460 e. The molecule has 0 bridgehead atoms. The fourth-order valence-electron chi connectivity index (χ4n) is 9.22. The first-order valence-corrected chi connectivity index (χ1v) is 21.5. The zero-order valence-corrected chi connectivity index (χ0v) is 35.1. The lowest BCUT2D eigenvalue weighted by atomic mass is 9.77. The maximum atomic E-state index is 12.9. The van der Waals surface area contributed by atoms with Crippen LogP contribution in [0, 0.1) is 0 Å². The molecule has 294 valence electrons. The van der Waals surface area contributed by atoms with Gasteiger partial charge in [0.2, 0.25) is 0 Å². The second kappa shape index (κ2) is 22.2. The smallest absolute Gasteiger partial charge is 0.306 e. The van der Waals surface area contributed by atoms with Crippen molar-refractivity contribution in [3.63, 3.8) is 0 Å². The van der Waals surface area contributed by atoms with Crippen LogP contribution in [-0.2, 0) is 19.1 Å². The Labute approximate surface area is 310 Å². The summed E-state index contributed by atoms with van der Waals surface area (Å²) in [6, 6.07) is 0. The lowest BCUT2D eigenvalue weighted by Gasteiger charge is -2.56. The van der Waals surface area contributed by atoms with Crippen molar-refractivity contribution in [2.45, 2.75) is 258 Å². The molecule has 2 heterocycles. The van der Waals surface area contributed by atoms with Crippen molar-refractivity contribution in [3.8, 4) is 0 Å². The third-order valence-electron chi connectivity index (χ3n) is 12.5. The highest BCUT2D eigenvalue weighted by atomic mass is 16.5. The molecule has 6 nitrogen and oxygen atoms in total. The minimum absolute atomic E-state index is 0.0374. The van der Waals surface area contributed by atoms with Gasteiger partial charge in [-0.25, -0.2) is 0 Å².